The number of nitrogens with one attached hydrogen (secondary N) is 2. The average molecular weight is 327 g/mol. The second kappa shape index (κ2) is 7.08. The molecule has 8 heteroatoms. The van der Waals surface area contributed by atoms with Crippen molar-refractivity contribution >= 4 is 16.1 Å². The lowest BCUT2D eigenvalue weighted by Gasteiger charge is -2.33. The van der Waals surface area contributed by atoms with Crippen molar-refractivity contribution in [2.45, 2.75) is 24.4 Å². The van der Waals surface area contributed by atoms with E-state index in [1.807, 2.05) is 6.92 Å². The fourth-order valence-corrected chi connectivity index (χ4v) is 3.05. The number of urea groups is 1. The summed E-state index contributed by atoms with van der Waals surface area (Å²) in [5, 5.41) is 2.81. The molecule has 1 aromatic carbocycles. The zero-order chi connectivity index (χ0) is 16.2. The highest BCUT2D eigenvalue weighted by Crippen LogP contribution is 2.11. The van der Waals surface area contributed by atoms with Gasteiger partial charge in [-0.1, -0.05) is 12.1 Å². The minimum atomic E-state index is -3.48. The Hall–Kier alpha value is -1.64. The third kappa shape index (κ3) is 3.96. The number of ether oxygens (including phenoxy) is 1. The molecule has 1 unspecified atom stereocenters. The van der Waals surface area contributed by atoms with E-state index in [1.165, 1.54) is 13.1 Å². The Morgan fingerprint density at radius 2 is 2.23 bits per heavy atom. The number of hydrogen-bond donors (Lipinski definition) is 2. The van der Waals surface area contributed by atoms with Crippen LogP contribution in [0.2, 0.25) is 0 Å². The average Bonchev–Trinajstić information content (AvgIpc) is 2.53. The topological polar surface area (TPSA) is 87.7 Å². The summed E-state index contributed by atoms with van der Waals surface area (Å²) in [4.78, 5) is 14.1. The van der Waals surface area contributed by atoms with Crippen molar-refractivity contribution < 1.29 is 17.9 Å². The predicted molar refractivity (Wildman–Crippen MR) is 81.9 cm³/mol. The number of benzene rings is 1. The highest BCUT2D eigenvalue weighted by molar-refractivity contribution is 7.89. The lowest BCUT2D eigenvalue weighted by atomic mass is 10.2. The molecule has 1 aliphatic heterocycles. The largest absolute Gasteiger partial charge is 0.377 e. The van der Waals surface area contributed by atoms with Crippen molar-refractivity contribution in [3.05, 3.63) is 29.8 Å². The third-order valence-corrected chi connectivity index (χ3v) is 4.96. The molecule has 1 heterocycles. The lowest BCUT2D eigenvalue weighted by Crippen LogP contribution is -2.51. The number of rotatable bonds is 4. The van der Waals surface area contributed by atoms with Crippen LogP contribution in [0.25, 0.3) is 0 Å². The van der Waals surface area contributed by atoms with E-state index < -0.39 is 10.0 Å². The Morgan fingerprint density at radius 1 is 1.45 bits per heavy atom. The fraction of sp³-hybridized carbons (Fsp3) is 0.500. The molecular formula is C14H21N3O4S. The van der Waals surface area contributed by atoms with Crippen LogP contribution in [0.3, 0.4) is 0 Å². The number of morpholine rings is 1. The molecule has 0 aromatic heterocycles. The number of carbonyl (C=O) groups is 1. The van der Waals surface area contributed by atoms with Crippen LogP contribution in [0, 0.1) is 0 Å². The van der Waals surface area contributed by atoms with Crippen LogP contribution in [0.5, 0.6) is 0 Å². The molecule has 0 aliphatic carbocycles. The summed E-state index contributed by atoms with van der Waals surface area (Å²) in [6.07, 6.45) is 0. The number of hydrogen-bond acceptors (Lipinski definition) is 4. The molecule has 122 valence electrons. The zero-order valence-corrected chi connectivity index (χ0v) is 13.5. The third-order valence-electron chi connectivity index (χ3n) is 3.55. The van der Waals surface area contributed by atoms with Gasteiger partial charge in [0.25, 0.3) is 0 Å². The Labute approximate surface area is 130 Å². The second-order valence-electron chi connectivity index (χ2n) is 5.13. The molecule has 1 aromatic rings. The number of sulfonamides is 1. The van der Waals surface area contributed by atoms with Gasteiger partial charge >= 0.3 is 6.03 Å². The van der Waals surface area contributed by atoms with E-state index in [2.05, 4.69) is 10.0 Å². The van der Waals surface area contributed by atoms with Crippen LogP contribution >= 0.6 is 0 Å². The monoisotopic (exact) mass is 327 g/mol. The molecule has 1 aliphatic rings. The Morgan fingerprint density at radius 3 is 2.91 bits per heavy atom. The van der Waals surface area contributed by atoms with Gasteiger partial charge < -0.3 is 15.0 Å². The van der Waals surface area contributed by atoms with Gasteiger partial charge in [0.1, 0.15) is 0 Å². The van der Waals surface area contributed by atoms with Crippen LogP contribution in [0.15, 0.2) is 29.2 Å². The van der Waals surface area contributed by atoms with E-state index >= 15 is 0 Å². The van der Waals surface area contributed by atoms with Gasteiger partial charge in [-0.05, 0) is 31.7 Å². The summed E-state index contributed by atoms with van der Waals surface area (Å²) in [6.45, 7) is 3.83. The summed E-state index contributed by atoms with van der Waals surface area (Å²) < 4.78 is 31.1. The molecule has 1 saturated heterocycles. The van der Waals surface area contributed by atoms with Crippen LogP contribution in [0.4, 0.5) is 4.79 Å². The summed E-state index contributed by atoms with van der Waals surface area (Å²) in [6, 6.07) is 6.36. The van der Waals surface area contributed by atoms with Crippen LogP contribution in [0.1, 0.15) is 12.5 Å². The SMILES string of the molecule is CNS(=O)(=O)c1cccc(CNC(=O)N2CCOCC2C)c1. The van der Waals surface area contributed by atoms with Gasteiger partial charge in [-0.3, -0.25) is 0 Å². The normalized spacial score (nSPS) is 19.0. The fourth-order valence-electron chi connectivity index (χ4n) is 2.25. The van der Waals surface area contributed by atoms with Crippen molar-refractivity contribution in [2.24, 2.45) is 0 Å². The molecule has 0 spiro atoms. The summed E-state index contributed by atoms with van der Waals surface area (Å²) in [5.74, 6) is 0. The number of nitrogens with zero attached hydrogens (tertiary/aromatic N) is 1. The van der Waals surface area contributed by atoms with E-state index in [0.717, 1.165) is 5.56 Å². The molecule has 7 nitrogen and oxygen atoms in total. The van der Waals surface area contributed by atoms with Gasteiger partial charge in [0.05, 0.1) is 24.2 Å². The first-order valence-corrected chi connectivity index (χ1v) is 8.57. The van der Waals surface area contributed by atoms with E-state index in [1.54, 1.807) is 23.1 Å². The smallest absolute Gasteiger partial charge is 0.318 e. The molecule has 0 bridgehead atoms. The Bertz CT molecular complexity index is 633. The van der Waals surface area contributed by atoms with Crippen molar-refractivity contribution in [1.82, 2.24) is 14.9 Å². The van der Waals surface area contributed by atoms with Gasteiger partial charge in [0.15, 0.2) is 0 Å². The quantitative estimate of drug-likeness (QED) is 0.844. The highest BCUT2D eigenvalue weighted by Gasteiger charge is 2.23. The van der Waals surface area contributed by atoms with Crippen LogP contribution in [-0.4, -0.2) is 52.2 Å². The lowest BCUT2D eigenvalue weighted by molar-refractivity contribution is 0.0190. The van der Waals surface area contributed by atoms with E-state index in [9.17, 15) is 13.2 Å². The molecule has 2 rings (SSSR count). The summed E-state index contributed by atoms with van der Waals surface area (Å²) in [7, 11) is -2.11. The van der Waals surface area contributed by atoms with Gasteiger partial charge in [0, 0.05) is 13.1 Å². The zero-order valence-electron chi connectivity index (χ0n) is 12.7. The highest BCUT2D eigenvalue weighted by atomic mass is 32.2. The molecular weight excluding hydrogens is 306 g/mol. The van der Waals surface area contributed by atoms with Crippen LogP contribution in [-0.2, 0) is 21.3 Å². The molecule has 2 N–H and O–H groups in total. The Balaban J connectivity index is 2.00. The maximum Gasteiger partial charge on any atom is 0.318 e. The summed E-state index contributed by atoms with van der Waals surface area (Å²) >= 11 is 0. The van der Waals surface area contributed by atoms with Crippen LogP contribution < -0.4 is 10.0 Å². The number of amides is 2. The second-order valence-corrected chi connectivity index (χ2v) is 7.02. The number of carbonyl (C=O) groups excluding carboxylic acids is 1. The molecule has 0 radical (unpaired) electrons. The standard InChI is InChI=1S/C14H21N3O4S/c1-11-10-21-7-6-17(11)14(18)16-9-12-4-3-5-13(8-12)22(19,20)15-2/h3-5,8,11,15H,6-7,9-10H2,1-2H3,(H,16,18). The van der Waals surface area contributed by atoms with Gasteiger partial charge in [-0.2, -0.15) is 0 Å². The first kappa shape index (κ1) is 16.7. The van der Waals surface area contributed by atoms with Gasteiger partial charge in [0.2, 0.25) is 10.0 Å². The van der Waals surface area contributed by atoms with Crippen molar-refractivity contribution in [1.29, 1.82) is 0 Å². The maximum absolute atomic E-state index is 12.1. The molecule has 0 saturated carbocycles. The first-order valence-electron chi connectivity index (χ1n) is 7.09. The van der Waals surface area contributed by atoms with E-state index in [4.69, 9.17) is 4.74 Å². The first-order chi connectivity index (χ1) is 10.4. The Kier molecular flexibility index (Phi) is 5.38. The van der Waals surface area contributed by atoms with Gasteiger partial charge in [-0.25, -0.2) is 17.9 Å². The predicted octanol–water partition coefficient (Wildman–Crippen LogP) is 0.525. The van der Waals surface area contributed by atoms with E-state index in [-0.39, 0.29) is 23.5 Å². The molecule has 1 atom stereocenters. The van der Waals surface area contributed by atoms with Gasteiger partial charge in [-0.15, -0.1) is 0 Å². The molecule has 22 heavy (non-hydrogen) atoms. The maximum atomic E-state index is 12.1. The minimum absolute atomic E-state index is 0.0322. The van der Waals surface area contributed by atoms with Crippen molar-refractivity contribution in [3.63, 3.8) is 0 Å². The van der Waals surface area contributed by atoms with Crippen molar-refractivity contribution in [3.8, 4) is 0 Å². The summed E-state index contributed by atoms with van der Waals surface area (Å²) in [5.41, 5.74) is 0.727. The molecule has 2 amide bonds. The molecule has 1 fully saturated rings. The van der Waals surface area contributed by atoms with E-state index in [0.29, 0.717) is 19.8 Å². The minimum Gasteiger partial charge on any atom is -0.377 e. The van der Waals surface area contributed by atoms with Crippen molar-refractivity contribution in [2.75, 3.05) is 26.8 Å².